The van der Waals surface area contributed by atoms with Crippen LogP contribution in [-0.4, -0.2) is 33.0 Å². The van der Waals surface area contributed by atoms with E-state index in [1.54, 1.807) is 17.5 Å². The average molecular weight is 359 g/mol. The van der Waals surface area contributed by atoms with Crippen LogP contribution in [0.15, 0.2) is 40.6 Å². The Kier molecular flexibility index (Phi) is 5.00. The fourth-order valence-corrected chi connectivity index (χ4v) is 3.10. The van der Waals surface area contributed by atoms with Crippen molar-refractivity contribution in [2.45, 2.75) is 4.90 Å². The Hall–Kier alpha value is -1.70. The van der Waals surface area contributed by atoms with Gasteiger partial charge in [0.1, 0.15) is 0 Å². The van der Waals surface area contributed by atoms with Crippen LogP contribution < -0.4 is 0 Å². The van der Waals surface area contributed by atoms with E-state index in [-0.39, 0.29) is 21.3 Å². The number of Topliss-reactive ketones (excluding diaryl/α,β-unsaturated/α-hetero) is 1. The van der Waals surface area contributed by atoms with Gasteiger partial charge in [0.25, 0.3) is 0 Å². The first-order valence-corrected chi connectivity index (χ1v) is 9.17. The van der Waals surface area contributed by atoms with Crippen LogP contribution in [0.2, 0.25) is 5.02 Å². The van der Waals surface area contributed by atoms with Gasteiger partial charge in [-0.05, 0) is 29.6 Å². The molecule has 0 aliphatic carbocycles. The van der Waals surface area contributed by atoms with Crippen LogP contribution in [0.1, 0.15) is 20.0 Å². The van der Waals surface area contributed by atoms with Gasteiger partial charge in [-0.2, -0.15) is 0 Å². The molecule has 8 heteroatoms. The molecule has 0 amide bonds. The first-order valence-electron chi connectivity index (χ1n) is 6.02. The van der Waals surface area contributed by atoms with Crippen molar-refractivity contribution in [2.24, 2.45) is 0 Å². The van der Waals surface area contributed by atoms with E-state index in [4.69, 9.17) is 16.3 Å². The number of hydrogen-bond donors (Lipinski definition) is 0. The van der Waals surface area contributed by atoms with E-state index < -0.39 is 22.4 Å². The molecule has 0 atom stereocenters. The lowest BCUT2D eigenvalue weighted by molar-refractivity contribution is 0.0475. The van der Waals surface area contributed by atoms with Crippen molar-refractivity contribution in [1.82, 2.24) is 0 Å². The molecule has 2 rings (SSSR count). The van der Waals surface area contributed by atoms with Gasteiger partial charge < -0.3 is 4.74 Å². The number of esters is 1. The number of rotatable bonds is 5. The molecule has 5 nitrogen and oxygen atoms in total. The van der Waals surface area contributed by atoms with E-state index >= 15 is 0 Å². The summed E-state index contributed by atoms with van der Waals surface area (Å²) in [5, 5.41) is 1.79. The van der Waals surface area contributed by atoms with Crippen molar-refractivity contribution in [1.29, 1.82) is 0 Å². The highest BCUT2D eigenvalue weighted by molar-refractivity contribution is 7.90. The van der Waals surface area contributed by atoms with Crippen molar-refractivity contribution in [3.05, 3.63) is 51.2 Å². The van der Waals surface area contributed by atoms with Crippen LogP contribution in [0.5, 0.6) is 0 Å². The van der Waals surface area contributed by atoms with Crippen molar-refractivity contribution < 1.29 is 22.7 Å². The zero-order chi connectivity index (χ0) is 16.3. The third kappa shape index (κ3) is 3.94. The van der Waals surface area contributed by atoms with Gasteiger partial charge in [-0.15, -0.1) is 11.3 Å². The Labute approximate surface area is 136 Å². The molecule has 0 N–H and O–H groups in total. The molecule has 116 valence electrons. The minimum Gasteiger partial charge on any atom is -0.454 e. The Balaban J connectivity index is 2.14. The third-order valence-corrected chi connectivity index (χ3v) is 5.07. The summed E-state index contributed by atoms with van der Waals surface area (Å²) in [7, 11) is -3.47. The van der Waals surface area contributed by atoms with E-state index in [0.717, 1.165) is 12.3 Å². The Morgan fingerprint density at radius 1 is 1.27 bits per heavy atom. The van der Waals surface area contributed by atoms with E-state index in [1.165, 1.54) is 23.5 Å². The first kappa shape index (κ1) is 16.7. The zero-order valence-electron chi connectivity index (χ0n) is 11.4. The van der Waals surface area contributed by atoms with Gasteiger partial charge in [-0.1, -0.05) is 17.7 Å². The second kappa shape index (κ2) is 6.60. The lowest BCUT2D eigenvalue weighted by atomic mass is 10.2. The molecular formula is C14H11ClO5S2. The molecule has 0 saturated heterocycles. The van der Waals surface area contributed by atoms with Gasteiger partial charge in [-0.25, -0.2) is 13.2 Å². The second-order valence-electron chi connectivity index (χ2n) is 4.39. The fraction of sp³-hybridized carbons (Fsp3) is 0.143. The highest BCUT2D eigenvalue weighted by atomic mass is 35.5. The summed E-state index contributed by atoms with van der Waals surface area (Å²) in [6.07, 6.45) is 1.02. The molecule has 1 heterocycles. The van der Waals surface area contributed by atoms with Gasteiger partial charge in [0.2, 0.25) is 5.78 Å². The summed E-state index contributed by atoms with van der Waals surface area (Å²) < 4.78 is 27.9. The van der Waals surface area contributed by atoms with Crippen LogP contribution in [-0.2, 0) is 14.6 Å². The van der Waals surface area contributed by atoms with E-state index in [2.05, 4.69) is 0 Å². The predicted molar refractivity (Wildman–Crippen MR) is 83.5 cm³/mol. The molecule has 22 heavy (non-hydrogen) atoms. The molecule has 0 unspecified atom stereocenters. The standard InChI is InChI=1S/C14H11ClO5S2/c1-22(18,19)9-4-5-11(15)10(7-9)14(17)20-8-12(16)13-3-2-6-21-13/h2-7H,8H2,1H3. The summed E-state index contributed by atoms with van der Waals surface area (Å²) in [5.41, 5.74) is -0.0939. The molecule has 0 aliphatic heterocycles. The van der Waals surface area contributed by atoms with Crippen LogP contribution in [0, 0.1) is 0 Å². The highest BCUT2D eigenvalue weighted by Gasteiger charge is 2.18. The summed E-state index contributed by atoms with van der Waals surface area (Å²) in [5.74, 6) is -1.18. The minimum absolute atomic E-state index is 0.0477. The van der Waals surface area contributed by atoms with Crippen molar-refractivity contribution in [2.75, 3.05) is 12.9 Å². The Morgan fingerprint density at radius 2 is 2.00 bits per heavy atom. The quantitative estimate of drug-likeness (QED) is 0.606. The van der Waals surface area contributed by atoms with Crippen molar-refractivity contribution in [3.8, 4) is 0 Å². The maximum Gasteiger partial charge on any atom is 0.340 e. The monoisotopic (exact) mass is 358 g/mol. The predicted octanol–water partition coefficient (Wildman–Crippen LogP) is 2.84. The summed E-state index contributed by atoms with van der Waals surface area (Å²) in [4.78, 5) is 24.2. The molecule has 0 saturated carbocycles. The number of carbonyl (C=O) groups excluding carboxylic acids is 2. The first-order chi connectivity index (χ1) is 10.3. The van der Waals surface area contributed by atoms with Crippen LogP contribution in [0.3, 0.4) is 0 Å². The maximum atomic E-state index is 12.0. The van der Waals surface area contributed by atoms with Gasteiger partial charge >= 0.3 is 5.97 Å². The highest BCUT2D eigenvalue weighted by Crippen LogP contribution is 2.21. The molecule has 0 aliphatic rings. The van der Waals surface area contributed by atoms with Crippen LogP contribution >= 0.6 is 22.9 Å². The molecule has 2 aromatic rings. The number of hydrogen-bond acceptors (Lipinski definition) is 6. The number of thiophene rings is 1. The summed E-state index contributed by atoms with van der Waals surface area (Å²) in [6.45, 7) is -0.432. The Morgan fingerprint density at radius 3 is 2.59 bits per heavy atom. The SMILES string of the molecule is CS(=O)(=O)c1ccc(Cl)c(C(=O)OCC(=O)c2cccs2)c1. The molecular weight excluding hydrogens is 348 g/mol. The maximum absolute atomic E-state index is 12.0. The van der Waals surface area contributed by atoms with Crippen molar-refractivity contribution in [3.63, 3.8) is 0 Å². The number of halogens is 1. The molecule has 0 spiro atoms. The van der Waals surface area contributed by atoms with E-state index in [1.807, 2.05) is 0 Å². The third-order valence-electron chi connectivity index (χ3n) is 2.72. The lowest BCUT2D eigenvalue weighted by Crippen LogP contribution is -2.14. The van der Waals surface area contributed by atoms with Gasteiger partial charge in [0.05, 0.1) is 20.4 Å². The summed E-state index contributed by atoms with van der Waals surface area (Å²) >= 11 is 7.12. The minimum atomic E-state index is -3.47. The number of ether oxygens (including phenoxy) is 1. The molecule has 1 aromatic carbocycles. The second-order valence-corrected chi connectivity index (χ2v) is 7.76. The molecule has 0 radical (unpaired) electrons. The largest absolute Gasteiger partial charge is 0.454 e. The van der Waals surface area contributed by atoms with E-state index in [9.17, 15) is 18.0 Å². The lowest BCUT2D eigenvalue weighted by Gasteiger charge is -2.07. The van der Waals surface area contributed by atoms with E-state index in [0.29, 0.717) is 4.88 Å². The van der Waals surface area contributed by atoms with Gasteiger partial charge in [-0.3, -0.25) is 4.79 Å². The number of benzene rings is 1. The molecule has 1 aromatic heterocycles. The van der Waals surface area contributed by atoms with Crippen molar-refractivity contribution >= 4 is 44.5 Å². The molecule has 0 bridgehead atoms. The topological polar surface area (TPSA) is 77.5 Å². The van der Waals surface area contributed by atoms with Gasteiger partial charge in [0.15, 0.2) is 16.4 Å². The van der Waals surface area contributed by atoms with Crippen LogP contribution in [0.25, 0.3) is 0 Å². The normalized spacial score (nSPS) is 11.2. The average Bonchev–Trinajstić information content (AvgIpc) is 2.97. The smallest absolute Gasteiger partial charge is 0.340 e. The van der Waals surface area contributed by atoms with Gasteiger partial charge in [0, 0.05) is 6.26 Å². The number of sulfone groups is 1. The number of carbonyl (C=O) groups is 2. The zero-order valence-corrected chi connectivity index (χ0v) is 13.8. The summed E-state index contributed by atoms with van der Waals surface area (Å²) in [6, 6.07) is 7.07. The number of ketones is 1. The fourth-order valence-electron chi connectivity index (χ4n) is 1.61. The Bertz CT molecular complexity index is 810. The molecule has 0 fully saturated rings. The van der Waals surface area contributed by atoms with Crippen LogP contribution in [0.4, 0.5) is 0 Å².